The molecule has 0 unspecified atom stereocenters. The van der Waals surface area contributed by atoms with E-state index < -0.39 is 0 Å². The summed E-state index contributed by atoms with van der Waals surface area (Å²) >= 11 is 12.5. The summed E-state index contributed by atoms with van der Waals surface area (Å²) in [5.41, 5.74) is 2.52. The highest BCUT2D eigenvalue weighted by atomic mass is 35.5. The first-order valence-electron chi connectivity index (χ1n) is 7.53. The van der Waals surface area contributed by atoms with Gasteiger partial charge in [-0.15, -0.1) is 0 Å². The molecule has 23 heavy (non-hydrogen) atoms. The Hall–Kier alpha value is -1.56. The highest BCUT2D eigenvalue weighted by Crippen LogP contribution is 2.23. The van der Waals surface area contributed by atoms with Crippen LogP contribution in [0.2, 0.25) is 10.2 Å². The summed E-state index contributed by atoms with van der Waals surface area (Å²) in [6.07, 6.45) is 1.80. The van der Waals surface area contributed by atoms with Gasteiger partial charge in [-0.1, -0.05) is 29.3 Å². The number of halogens is 2. The van der Waals surface area contributed by atoms with Gasteiger partial charge < -0.3 is 4.90 Å². The molecule has 0 aliphatic carbocycles. The molecule has 1 aromatic heterocycles. The number of piperazine rings is 1. The van der Waals surface area contributed by atoms with Gasteiger partial charge in [0.25, 0.3) is 0 Å². The average Bonchev–Trinajstić information content (AvgIpc) is 2.82. The Kier molecular flexibility index (Phi) is 4.90. The van der Waals surface area contributed by atoms with E-state index >= 15 is 0 Å². The van der Waals surface area contributed by atoms with Gasteiger partial charge in [0, 0.05) is 31.2 Å². The van der Waals surface area contributed by atoms with E-state index in [1.807, 2.05) is 31.2 Å². The predicted molar refractivity (Wildman–Crippen MR) is 95.0 cm³/mol. The van der Waals surface area contributed by atoms with Crippen molar-refractivity contribution in [2.75, 3.05) is 33.2 Å². The minimum Gasteiger partial charge on any atom is -0.303 e. The van der Waals surface area contributed by atoms with Crippen molar-refractivity contribution in [3.8, 4) is 5.69 Å². The van der Waals surface area contributed by atoms with Gasteiger partial charge in [0.2, 0.25) is 0 Å². The first-order chi connectivity index (χ1) is 11.0. The lowest BCUT2D eigenvalue weighted by atomic mass is 10.3. The van der Waals surface area contributed by atoms with Crippen molar-refractivity contribution in [3.05, 3.63) is 45.7 Å². The molecule has 1 aliphatic heterocycles. The van der Waals surface area contributed by atoms with Gasteiger partial charge in [0.1, 0.15) is 5.15 Å². The van der Waals surface area contributed by atoms with Crippen LogP contribution in [0.15, 0.2) is 29.4 Å². The maximum absolute atomic E-state index is 6.50. The second-order valence-corrected chi connectivity index (χ2v) is 6.48. The van der Waals surface area contributed by atoms with Crippen molar-refractivity contribution >= 4 is 29.4 Å². The Morgan fingerprint density at radius 1 is 1.17 bits per heavy atom. The van der Waals surface area contributed by atoms with Crippen LogP contribution in [-0.4, -0.2) is 59.1 Å². The van der Waals surface area contributed by atoms with E-state index in [2.05, 4.69) is 27.2 Å². The molecule has 2 aromatic rings. The van der Waals surface area contributed by atoms with Gasteiger partial charge in [-0.2, -0.15) is 10.2 Å². The fourth-order valence-electron chi connectivity index (χ4n) is 2.49. The number of hydrogen-bond donors (Lipinski definition) is 0. The van der Waals surface area contributed by atoms with Crippen LogP contribution in [0.25, 0.3) is 5.69 Å². The minimum atomic E-state index is 0.544. The first-order valence-corrected chi connectivity index (χ1v) is 8.29. The third kappa shape index (κ3) is 3.68. The molecule has 1 saturated heterocycles. The zero-order chi connectivity index (χ0) is 16.4. The molecule has 0 bridgehead atoms. The van der Waals surface area contributed by atoms with Crippen molar-refractivity contribution in [1.29, 1.82) is 0 Å². The molecular weight excluding hydrogens is 333 g/mol. The fraction of sp³-hybridized carbons (Fsp3) is 0.375. The van der Waals surface area contributed by atoms with Crippen LogP contribution in [0.1, 0.15) is 11.3 Å². The van der Waals surface area contributed by atoms with Crippen LogP contribution >= 0.6 is 23.2 Å². The zero-order valence-corrected chi connectivity index (χ0v) is 14.7. The van der Waals surface area contributed by atoms with Gasteiger partial charge in [0.15, 0.2) is 0 Å². The van der Waals surface area contributed by atoms with Crippen molar-refractivity contribution in [3.63, 3.8) is 0 Å². The molecule has 1 aromatic carbocycles. The van der Waals surface area contributed by atoms with E-state index in [-0.39, 0.29) is 0 Å². The molecule has 5 nitrogen and oxygen atoms in total. The van der Waals surface area contributed by atoms with Crippen LogP contribution in [0.3, 0.4) is 0 Å². The lowest BCUT2D eigenvalue weighted by Gasteiger charge is -2.30. The molecule has 0 N–H and O–H groups in total. The van der Waals surface area contributed by atoms with Crippen LogP contribution in [0, 0.1) is 6.92 Å². The molecule has 0 atom stereocenters. The minimum absolute atomic E-state index is 0.544. The summed E-state index contributed by atoms with van der Waals surface area (Å²) in [5.74, 6) is 0. The summed E-state index contributed by atoms with van der Waals surface area (Å²) in [4.78, 5) is 2.29. The van der Waals surface area contributed by atoms with E-state index in [1.165, 1.54) is 0 Å². The van der Waals surface area contributed by atoms with Gasteiger partial charge >= 0.3 is 0 Å². The van der Waals surface area contributed by atoms with Gasteiger partial charge in [-0.25, -0.2) is 4.68 Å². The van der Waals surface area contributed by atoms with Crippen LogP contribution < -0.4 is 0 Å². The van der Waals surface area contributed by atoms with E-state index in [0.29, 0.717) is 10.2 Å². The second kappa shape index (κ2) is 6.91. The van der Waals surface area contributed by atoms with Crippen LogP contribution in [0.5, 0.6) is 0 Å². The Morgan fingerprint density at radius 3 is 2.61 bits per heavy atom. The lowest BCUT2D eigenvalue weighted by Crippen LogP contribution is -2.41. The third-order valence-corrected chi connectivity index (χ3v) is 4.53. The molecule has 0 amide bonds. The monoisotopic (exact) mass is 351 g/mol. The first kappa shape index (κ1) is 16.3. The number of hydrazone groups is 1. The summed E-state index contributed by atoms with van der Waals surface area (Å²) in [6, 6.07) is 7.46. The zero-order valence-electron chi connectivity index (χ0n) is 13.2. The second-order valence-electron chi connectivity index (χ2n) is 5.68. The van der Waals surface area contributed by atoms with E-state index in [9.17, 15) is 0 Å². The number of hydrogen-bond acceptors (Lipinski definition) is 4. The lowest BCUT2D eigenvalue weighted by molar-refractivity contribution is 0.159. The predicted octanol–water partition coefficient (Wildman–Crippen LogP) is 3.07. The summed E-state index contributed by atoms with van der Waals surface area (Å²) in [6.45, 7) is 5.81. The fourth-order valence-corrected chi connectivity index (χ4v) is 2.99. The normalized spacial score (nSPS) is 16.4. The summed E-state index contributed by atoms with van der Waals surface area (Å²) < 4.78 is 1.69. The molecular formula is C16H19Cl2N5. The number of benzene rings is 1. The Morgan fingerprint density at radius 2 is 1.91 bits per heavy atom. The molecule has 1 aliphatic rings. The Labute approximate surface area is 146 Å². The summed E-state index contributed by atoms with van der Waals surface area (Å²) in [5, 5.41) is 12.3. The number of aryl methyl sites for hydroxylation is 1. The summed E-state index contributed by atoms with van der Waals surface area (Å²) in [7, 11) is 2.12. The average molecular weight is 352 g/mol. The van der Waals surface area contributed by atoms with Crippen LogP contribution in [-0.2, 0) is 0 Å². The third-order valence-electron chi connectivity index (χ3n) is 3.93. The number of likely N-dealkylation sites (N-methyl/N-ethyl adjacent to an activating group) is 1. The molecule has 0 spiro atoms. The number of rotatable bonds is 3. The molecule has 3 rings (SSSR count). The SMILES string of the molecule is Cc1nn(-c2cccc(Cl)c2)c(Cl)c1C=NN1CCN(C)CC1. The van der Waals surface area contributed by atoms with Crippen molar-refractivity contribution in [2.45, 2.75) is 6.92 Å². The molecule has 2 heterocycles. The van der Waals surface area contributed by atoms with Crippen molar-refractivity contribution in [1.82, 2.24) is 19.7 Å². The van der Waals surface area contributed by atoms with E-state index in [1.54, 1.807) is 10.9 Å². The van der Waals surface area contributed by atoms with E-state index in [0.717, 1.165) is 43.1 Å². The maximum Gasteiger partial charge on any atom is 0.142 e. The Bertz CT molecular complexity index is 717. The molecule has 122 valence electrons. The maximum atomic E-state index is 6.50. The van der Waals surface area contributed by atoms with Crippen molar-refractivity contribution < 1.29 is 0 Å². The van der Waals surface area contributed by atoms with E-state index in [4.69, 9.17) is 23.2 Å². The quantitative estimate of drug-likeness (QED) is 0.797. The molecule has 0 saturated carbocycles. The highest BCUT2D eigenvalue weighted by molar-refractivity contribution is 6.32. The molecule has 7 heteroatoms. The molecule has 0 radical (unpaired) electrons. The van der Waals surface area contributed by atoms with Gasteiger partial charge in [0.05, 0.1) is 23.2 Å². The van der Waals surface area contributed by atoms with Crippen molar-refractivity contribution in [2.24, 2.45) is 5.10 Å². The Balaban J connectivity index is 1.83. The smallest absolute Gasteiger partial charge is 0.142 e. The topological polar surface area (TPSA) is 36.7 Å². The number of aromatic nitrogens is 2. The van der Waals surface area contributed by atoms with Crippen LogP contribution in [0.4, 0.5) is 0 Å². The van der Waals surface area contributed by atoms with Gasteiger partial charge in [-0.05, 0) is 32.2 Å². The number of nitrogens with zero attached hydrogens (tertiary/aromatic N) is 5. The van der Waals surface area contributed by atoms with Gasteiger partial charge in [-0.3, -0.25) is 5.01 Å². The standard InChI is InChI=1S/C16H19Cl2N5/c1-12-15(11-19-22-8-6-21(2)7-9-22)16(18)23(20-12)14-5-3-4-13(17)10-14/h3-5,10-11H,6-9H2,1-2H3. The largest absolute Gasteiger partial charge is 0.303 e. The highest BCUT2D eigenvalue weighted by Gasteiger charge is 2.15. The molecule has 1 fully saturated rings.